The average molecular weight is 270 g/mol. The summed E-state index contributed by atoms with van der Waals surface area (Å²) in [7, 11) is 0. The van der Waals surface area contributed by atoms with E-state index in [1.807, 2.05) is 0 Å². The first-order valence-electron chi connectivity index (χ1n) is 8.55. The molecule has 3 aliphatic carbocycles. The van der Waals surface area contributed by atoms with Gasteiger partial charge in [0.05, 0.1) is 5.60 Å². The molecule has 2 saturated carbocycles. The highest BCUT2D eigenvalue weighted by atomic mass is 16.3. The van der Waals surface area contributed by atoms with Crippen molar-refractivity contribution in [2.75, 3.05) is 0 Å². The number of fused-ring (bicyclic) bond motifs is 1. The third kappa shape index (κ3) is 2.53. The number of hydrogen-bond donors (Lipinski definition) is 1. The number of benzene rings is 1. The van der Waals surface area contributed by atoms with Gasteiger partial charge >= 0.3 is 0 Å². The highest BCUT2D eigenvalue weighted by Gasteiger charge is 2.40. The summed E-state index contributed by atoms with van der Waals surface area (Å²) in [4.78, 5) is 0. The molecule has 1 N–H and O–H groups in total. The minimum Gasteiger partial charge on any atom is -0.390 e. The fraction of sp³-hybridized carbons (Fsp3) is 0.684. The van der Waals surface area contributed by atoms with E-state index >= 15 is 0 Å². The normalized spacial score (nSPS) is 33.1. The van der Waals surface area contributed by atoms with E-state index in [0.29, 0.717) is 0 Å². The Balaban J connectivity index is 1.49. The predicted molar refractivity (Wildman–Crippen MR) is 81.8 cm³/mol. The summed E-state index contributed by atoms with van der Waals surface area (Å²) in [5.41, 5.74) is 4.03. The minimum absolute atomic E-state index is 0.418. The first-order valence-corrected chi connectivity index (χ1v) is 8.55. The molecule has 20 heavy (non-hydrogen) atoms. The molecule has 2 fully saturated rings. The Morgan fingerprint density at radius 1 is 1.00 bits per heavy atom. The molecule has 0 aromatic heterocycles. The van der Waals surface area contributed by atoms with Crippen LogP contribution in [0.2, 0.25) is 0 Å². The topological polar surface area (TPSA) is 20.2 Å². The highest BCUT2D eigenvalue weighted by molar-refractivity contribution is 5.35. The summed E-state index contributed by atoms with van der Waals surface area (Å²) in [5.74, 6) is 1.75. The zero-order valence-corrected chi connectivity index (χ0v) is 12.4. The van der Waals surface area contributed by atoms with Gasteiger partial charge in [-0.25, -0.2) is 0 Å². The van der Waals surface area contributed by atoms with Gasteiger partial charge in [0.2, 0.25) is 0 Å². The molecule has 0 bridgehead atoms. The zero-order chi connectivity index (χ0) is 13.6. The van der Waals surface area contributed by atoms with Gasteiger partial charge < -0.3 is 5.11 Å². The lowest BCUT2D eigenvalue weighted by Crippen LogP contribution is -2.38. The fourth-order valence-electron chi connectivity index (χ4n) is 4.63. The number of rotatable bonds is 3. The first-order chi connectivity index (χ1) is 9.72. The van der Waals surface area contributed by atoms with Gasteiger partial charge in [0.15, 0.2) is 0 Å². The molecule has 1 aromatic rings. The maximum atomic E-state index is 11.0. The van der Waals surface area contributed by atoms with Crippen molar-refractivity contribution in [3.8, 4) is 0 Å². The third-order valence-corrected chi connectivity index (χ3v) is 5.84. The molecule has 2 atom stereocenters. The van der Waals surface area contributed by atoms with E-state index < -0.39 is 5.60 Å². The average Bonchev–Trinajstić information content (AvgIpc) is 3.17. The van der Waals surface area contributed by atoms with Gasteiger partial charge in [-0.15, -0.1) is 0 Å². The second-order valence-electron chi connectivity index (χ2n) is 7.55. The van der Waals surface area contributed by atoms with Crippen LogP contribution in [-0.2, 0) is 19.3 Å². The van der Waals surface area contributed by atoms with Gasteiger partial charge in [0.1, 0.15) is 0 Å². The molecule has 1 aromatic carbocycles. The summed E-state index contributed by atoms with van der Waals surface area (Å²) in [5, 5.41) is 11.0. The molecule has 0 saturated heterocycles. The molecule has 1 nitrogen and oxygen atoms in total. The molecule has 1 heteroatoms. The van der Waals surface area contributed by atoms with E-state index in [0.717, 1.165) is 31.1 Å². The van der Waals surface area contributed by atoms with Crippen LogP contribution in [0.4, 0.5) is 0 Å². The second kappa shape index (κ2) is 4.87. The van der Waals surface area contributed by atoms with Gasteiger partial charge in [-0.05, 0) is 79.9 Å². The molecule has 0 amide bonds. The van der Waals surface area contributed by atoms with E-state index in [1.54, 1.807) is 11.1 Å². The van der Waals surface area contributed by atoms with Crippen LogP contribution in [0.1, 0.15) is 61.6 Å². The second-order valence-corrected chi connectivity index (χ2v) is 7.55. The van der Waals surface area contributed by atoms with Gasteiger partial charge in [-0.2, -0.15) is 0 Å². The van der Waals surface area contributed by atoms with Crippen LogP contribution in [-0.4, -0.2) is 10.7 Å². The maximum absolute atomic E-state index is 11.0. The van der Waals surface area contributed by atoms with Crippen molar-refractivity contribution in [3.05, 3.63) is 34.9 Å². The Hall–Kier alpha value is -0.820. The minimum atomic E-state index is -0.418. The molecule has 0 aliphatic heterocycles. The lowest BCUT2D eigenvalue weighted by molar-refractivity contribution is -0.0195. The molecule has 2 unspecified atom stereocenters. The number of aliphatic hydroxyl groups is 1. The molecule has 0 spiro atoms. The summed E-state index contributed by atoms with van der Waals surface area (Å²) in [6.45, 7) is 0. The molecular weight excluding hydrogens is 244 g/mol. The van der Waals surface area contributed by atoms with E-state index in [2.05, 4.69) is 18.2 Å². The Bertz CT molecular complexity index is 502. The Morgan fingerprint density at radius 2 is 1.85 bits per heavy atom. The van der Waals surface area contributed by atoms with Crippen LogP contribution in [0.15, 0.2) is 18.2 Å². The largest absolute Gasteiger partial charge is 0.390 e. The smallest absolute Gasteiger partial charge is 0.0690 e. The lowest BCUT2D eigenvalue weighted by atomic mass is 9.73. The van der Waals surface area contributed by atoms with Gasteiger partial charge in [-0.1, -0.05) is 24.6 Å². The summed E-state index contributed by atoms with van der Waals surface area (Å²) >= 11 is 0. The molecule has 108 valence electrons. The van der Waals surface area contributed by atoms with Crippen molar-refractivity contribution in [2.24, 2.45) is 11.8 Å². The molecule has 4 rings (SSSR count). The molecule has 0 radical (unpaired) electrons. The monoisotopic (exact) mass is 270 g/mol. The molecule has 0 heterocycles. The van der Waals surface area contributed by atoms with Crippen molar-refractivity contribution in [1.82, 2.24) is 0 Å². The van der Waals surface area contributed by atoms with Crippen molar-refractivity contribution >= 4 is 0 Å². The van der Waals surface area contributed by atoms with Gasteiger partial charge in [0, 0.05) is 6.42 Å². The lowest BCUT2D eigenvalue weighted by Gasteiger charge is -2.37. The van der Waals surface area contributed by atoms with E-state index in [-0.39, 0.29) is 0 Å². The van der Waals surface area contributed by atoms with Crippen molar-refractivity contribution < 1.29 is 5.11 Å². The molecular formula is C19H26O. The maximum Gasteiger partial charge on any atom is 0.0690 e. The van der Waals surface area contributed by atoms with E-state index in [9.17, 15) is 5.11 Å². The van der Waals surface area contributed by atoms with Crippen LogP contribution in [0.25, 0.3) is 0 Å². The summed E-state index contributed by atoms with van der Waals surface area (Å²) in [6, 6.07) is 6.95. The zero-order valence-electron chi connectivity index (χ0n) is 12.4. The predicted octanol–water partition coefficient (Wildman–Crippen LogP) is 4.05. The molecule has 3 aliphatic rings. The van der Waals surface area contributed by atoms with Crippen molar-refractivity contribution in [1.29, 1.82) is 0 Å². The summed E-state index contributed by atoms with van der Waals surface area (Å²) < 4.78 is 0. The van der Waals surface area contributed by atoms with E-state index in [4.69, 9.17) is 0 Å². The third-order valence-electron chi connectivity index (χ3n) is 5.84. The fourth-order valence-corrected chi connectivity index (χ4v) is 4.63. The first kappa shape index (κ1) is 12.9. The SMILES string of the molecule is OC1(Cc2ccc3c(c2)CCC3)CCCC(C2CC2)C1. The van der Waals surface area contributed by atoms with Crippen molar-refractivity contribution in [2.45, 2.75) is 69.8 Å². The Morgan fingerprint density at radius 3 is 2.70 bits per heavy atom. The number of hydrogen-bond acceptors (Lipinski definition) is 1. The number of aryl methyl sites for hydroxylation is 2. The van der Waals surface area contributed by atoms with Gasteiger partial charge in [-0.3, -0.25) is 0 Å². The summed E-state index contributed by atoms with van der Waals surface area (Å²) in [6.07, 6.45) is 12.2. The Kier molecular flexibility index (Phi) is 3.14. The Labute approximate surface area is 122 Å². The van der Waals surface area contributed by atoms with Crippen molar-refractivity contribution in [3.63, 3.8) is 0 Å². The van der Waals surface area contributed by atoms with Crippen LogP contribution >= 0.6 is 0 Å². The van der Waals surface area contributed by atoms with Gasteiger partial charge in [0.25, 0.3) is 0 Å². The van der Waals surface area contributed by atoms with Crippen LogP contribution < -0.4 is 0 Å². The van der Waals surface area contributed by atoms with E-state index in [1.165, 1.54) is 50.5 Å². The van der Waals surface area contributed by atoms with Crippen LogP contribution in [0.5, 0.6) is 0 Å². The standard InChI is InChI=1S/C19H26O/c20-19(10-2-5-18(13-19)16-8-9-16)12-14-6-7-15-3-1-4-17(15)11-14/h6-7,11,16,18,20H,1-5,8-10,12-13H2. The highest BCUT2D eigenvalue weighted by Crippen LogP contribution is 2.47. The van der Waals surface area contributed by atoms with Crippen LogP contribution in [0.3, 0.4) is 0 Å². The van der Waals surface area contributed by atoms with Crippen LogP contribution in [0, 0.1) is 11.8 Å². The quantitative estimate of drug-likeness (QED) is 0.878.